The molecule has 3 heterocycles. The number of aryl methyl sites for hydroxylation is 1. The molecule has 0 unspecified atom stereocenters. The van der Waals surface area contributed by atoms with Gasteiger partial charge in [-0.1, -0.05) is 6.08 Å². The van der Waals surface area contributed by atoms with E-state index >= 15 is 0 Å². The van der Waals surface area contributed by atoms with Crippen molar-refractivity contribution in [3.05, 3.63) is 35.8 Å². The minimum Gasteiger partial charge on any atom is -0.468 e. The third-order valence-corrected chi connectivity index (χ3v) is 5.35. The van der Waals surface area contributed by atoms with Crippen LogP contribution in [0.4, 0.5) is 0 Å². The molecule has 19 heavy (non-hydrogen) atoms. The topological polar surface area (TPSA) is 33.5 Å². The number of hydrogen-bond donors (Lipinski definition) is 0. The molecular formula is C16H19NO2. The smallest absolute Gasteiger partial charge is 0.171 e. The van der Waals surface area contributed by atoms with Gasteiger partial charge in [0.2, 0.25) is 0 Å². The molecule has 0 N–H and O–H groups in total. The molecule has 2 atom stereocenters. The number of rotatable bonds is 1. The minimum absolute atomic E-state index is 0.105. The van der Waals surface area contributed by atoms with Gasteiger partial charge >= 0.3 is 0 Å². The Hall–Kier alpha value is -1.35. The molecule has 0 bridgehead atoms. The van der Waals surface area contributed by atoms with Gasteiger partial charge in [-0.3, -0.25) is 9.69 Å². The number of ketones is 1. The molecule has 100 valence electrons. The molecule has 3 aliphatic rings. The third-order valence-electron chi connectivity index (χ3n) is 5.35. The average Bonchev–Trinajstić information content (AvgIpc) is 3.07. The second kappa shape index (κ2) is 3.60. The molecule has 1 aromatic rings. The van der Waals surface area contributed by atoms with Crippen molar-refractivity contribution in [1.29, 1.82) is 0 Å². The monoisotopic (exact) mass is 257 g/mol. The van der Waals surface area contributed by atoms with Crippen molar-refractivity contribution < 1.29 is 9.21 Å². The van der Waals surface area contributed by atoms with Gasteiger partial charge in [0.05, 0.1) is 11.8 Å². The number of carbonyl (C=O) groups is 1. The molecule has 3 heteroatoms. The zero-order valence-corrected chi connectivity index (χ0v) is 11.3. The predicted molar refractivity (Wildman–Crippen MR) is 72.0 cm³/mol. The van der Waals surface area contributed by atoms with Crippen LogP contribution in [0.5, 0.6) is 0 Å². The lowest BCUT2D eigenvalue weighted by atomic mass is 9.63. The first-order chi connectivity index (χ1) is 9.19. The molecule has 2 saturated heterocycles. The molecule has 2 aliphatic heterocycles. The minimum atomic E-state index is -0.448. The number of furan rings is 1. The highest BCUT2D eigenvalue weighted by Crippen LogP contribution is 2.56. The van der Waals surface area contributed by atoms with Gasteiger partial charge in [0.15, 0.2) is 5.78 Å². The van der Waals surface area contributed by atoms with Crippen LogP contribution >= 0.6 is 0 Å². The molecule has 1 aromatic heterocycles. The number of allylic oxidation sites excluding steroid dienone is 1. The van der Waals surface area contributed by atoms with Gasteiger partial charge < -0.3 is 4.42 Å². The number of hydrogen-bond acceptors (Lipinski definition) is 3. The summed E-state index contributed by atoms with van der Waals surface area (Å²) >= 11 is 0. The molecule has 0 aromatic carbocycles. The predicted octanol–water partition coefficient (Wildman–Crippen LogP) is 2.59. The second-order valence-corrected chi connectivity index (χ2v) is 6.21. The molecule has 0 radical (unpaired) electrons. The highest BCUT2D eigenvalue weighted by molar-refractivity contribution is 6.03. The van der Waals surface area contributed by atoms with E-state index in [9.17, 15) is 4.79 Å². The maximum absolute atomic E-state index is 12.7. The summed E-state index contributed by atoms with van der Waals surface area (Å²) in [6, 6.07) is 2.06. The molecular weight excluding hydrogens is 238 g/mol. The van der Waals surface area contributed by atoms with Gasteiger partial charge in [0.25, 0.3) is 0 Å². The van der Waals surface area contributed by atoms with Gasteiger partial charge in [-0.25, -0.2) is 0 Å². The van der Waals surface area contributed by atoms with E-state index in [-0.39, 0.29) is 11.3 Å². The first-order valence-corrected chi connectivity index (χ1v) is 7.23. The first-order valence-electron chi connectivity index (χ1n) is 7.23. The Morgan fingerprint density at radius 3 is 2.79 bits per heavy atom. The lowest BCUT2D eigenvalue weighted by Gasteiger charge is -2.50. The van der Waals surface area contributed by atoms with E-state index in [0.29, 0.717) is 0 Å². The number of piperidine rings is 1. The highest BCUT2D eigenvalue weighted by atomic mass is 16.3. The molecule has 3 nitrogen and oxygen atoms in total. The van der Waals surface area contributed by atoms with Crippen molar-refractivity contribution in [2.45, 2.75) is 43.6 Å². The van der Waals surface area contributed by atoms with Crippen molar-refractivity contribution in [2.24, 2.45) is 0 Å². The fraction of sp³-hybridized carbons (Fsp3) is 0.562. The molecule has 1 aliphatic carbocycles. The molecule has 1 spiro atoms. The third kappa shape index (κ3) is 1.20. The molecule has 4 rings (SSSR count). The van der Waals surface area contributed by atoms with E-state index in [4.69, 9.17) is 4.42 Å². The van der Waals surface area contributed by atoms with Crippen molar-refractivity contribution in [3.63, 3.8) is 0 Å². The Labute approximate surface area is 113 Å². The van der Waals surface area contributed by atoms with E-state index < -0.39 is 5.41 Å². The van der Waals surface area contributed by atoms with Gasteiger partial charge in [-0.2, -0.15) is 0 Å². The lowest BCUT2D eigenvalue weighted by Crippen LogP contribution is -2.61. The average molecular weight is 257 g/mol. The summed E-state index contributed by atoms with van der Waals surface area (Å²) in [6.07, 6.45) is 10.0. The first kappa shape index (κ1) is 11.5. The Kier molecular flexibility index (Phi) is 2.17. The van der Waals surface area contributed by atoms with Gasteiger partial charge in [0, 0.05) is 0 Å². The van der Waals surface area contributed by atoms with Gasteiger partial charge in [0.1, 0.15) is 11.2 Å². The fourth-order valence-corrected chi connectivity index (χ4v) is 4.58. The van der Waals surface area contributed by atoms with Crippen LogP contribution in [0.1, 0.15) is 37.0 Å². The largest absolute Gasteiger partial charge is 0.468 e. The normalized spacial score (nSPS) is 37.6. The van der Waals surface area contributed by atoms with Crippen molar-refractivity contribution in [1.82, 2.24) is 4.90 Å². The Bertz CT molecular complexity index is 573. The van der Waals surface area contributed by atoms with Crippen LogP contribution in [0.25, 0.3) is 0 Å². The summed E-state index contributed by atoms with van der Waals surface area (Å²) in [7, 11) is 0. The number of carbonyl (C=O) groups excluding carboxylic acids is 1. The standard InChI is InChI=1S/C16H19NO2/c1-12-10-14(19-11-12)16-6-3-9-17-8-2-5-15(16,17)7-4-13(16)18/h4,7,10-11H,2-3,5-6,8-9H2,1H3/t15-,16+/m0/s1. The Morgan fingerprint density at radius 2 is 2.05 bits per heavy atom. The van der Waals surface area contributed by atoms with E-state index in [1.807, 2.05) is 13.0 Å². The Morgan fingerprint density at radius 1 is 1.26 bits per heavy atom. The maximum Gasteiger partial charge on any atom is 0.171 e. The molecule has 2 fully saturated rings. The van der Waals surface area contributed by atoms with E-state index in [2.05, 4.69) is 17.0 Å². The van der Waals surface area contributed by atoms with Crippen LogP contribution in [0.3, 0.4) is 0 Å². The van der Waals surface area contributed by atoms with Gasteiger partial charge in [-0.15, -0.1) is 0 Å². The SMILES string of the molecule is Cc1coc([C@]23CCCN4CCC[C@@]42C=CC3=O)c1. The zero-order chi connectivity index (χ0) is 13.1. The van der Waals surface area contributed by atoms with Crippen LogP contribution < -0.4 is 0 Å². The summed E-state index contributed by atoms with van der Waals surface area (Å²) < 4.78 is 5.79. The van der Waals surface area contributed by atoms with Crippen LogP contribution in [-0.4, -0.2) is 29.3 Å². The van der Waals surface area contributed by atoms with E-state index in [1.54, 1.807) is 6.26 Å². The van der Waals surface area contributed by atoms with Crippen LogP contribution in [0, 0.1) is 6.92 Å². The summed E-state index contributed by atoms with van der Waals surface area (Å²) in [6.45, 7) is 4.25. The van der Waals surface area contributed by atoms with Crippen LogP contribution in [0.2, 0.25) is 0 Å². The van der Waals surface area contributed by atoms with Crippen molar-refractivity contribution in [3.8, 4) is 0 Å². The summed E-state index contributed by atoms with van der Waals surface area (Å²) in [5.41, 5.74) is 0.553. The molecule has 0 saturated carbocycles. The Balaban J connectivity index is 1.94. The second-order valence-electron chi connectivity index (χ2n) is 6.21. The quantitative estimate of drug-likeness (QED) is 0.775. The highest BCUT2D eigenvalue weighted by Gasteiger charge is 2.65. The van der Waals surface area contributed by atoms with Crippen LogP contribution in [-0.2, 0) is 10.2 Å². The summed E-state index contributed by atoms with van der Waals surface area (Å²) in [5, 5.41) is 0. The van der Waals surface area contributed by atoms with Crippen molar-refractivity contribution >= 4 is 5.78 Å². The lowest BCUT2D eigenvalue weighted by molar-refractivity contribution is -0.125. The summed E-state index contributed by atoms with van der Waals surface area (Å²) in [4.78, 5) is 15.2. The number of nitrogens with zero attached hydrogens (tertiary/aromatic N) is 1. The summed E-state index contributed by atoms with van der Waals surface area (Å²) in [5.74, 6) is 1.13. The maximum atomic E-state index is 12.7. The fourth-order valence-electron chi connectivity index (χ4n) is 4.58. The van der Waals surface area contributed by atoms with E-state index in [1.165, 1.54) is 6.42 Å². The van der Waals surface area contributed by atoms with Gasteiger partial charge in [-0.05, 0) is 63.4 Å². The zero-order valence-electron chi connectivity index (χ0n) is 11.3. The molecule has 0 amide bonds. The van der Waals surface area contributed by atoms with E-state index in [0.717, 1.165) is 43.7 Å². The van der Waals surface area contributed by atoms with Crippen molar-refractivity contribution in [2.75, 3.05) is 13.1 Å². The van der Waals surface area contributed by atoms with Crippen LogP contribution in [0.15, 0.2) is 28.9 Å².